The molecule has 0 saturated carbocycles. The summed E-state index contributed by atoms with van der Waals surface area (Å²) in [5.74, 6) is 0. The zero-order valence-corrected chi connectivity index (χ0v) is 11.0. The minimum atomic E-state index is 0.525. The van der Waals surface area contributed by atoms with Gasteiger partial charge in [0.2, 0.25) is 0 Å². The van der Waals surface area contributed by atoms with Gasteiger partial charge in [0.25, 0.3) is 0 Å². The highest BCUT2D eigenvalue weighted by molar-refractivity contribution is 7.13. The van der Waals surface area contributed by atoms with E-state index in [0.29, 0.717) is 6.54 Å². The third-order valence-corrected chi connectivity index (χ3v) is 3.43. The fourth-order valence-electron chi connectivity index (χ4n) is 1.52. The van der Waals surface area contributed by atoms with Crippen molar-refractivity contribution >= 4 is 16.5 Å². The second kappa shape index (κ2) is 7.60. The Hall–Kier alpha value is -0.650. The third-order valence-electron chi connectivity index (χ3n) is 2.58. The standard InChI is InChI=1S/C11H22N4S/c1-3-15(4-2)7-5-6-13-11-14-10(8-12)9-16-11/h9H,3-8,12H2,1-2H3,(H,13,14). The SMILES string of the molecule is CCN(CC)CCCNc1nc(CN)cs1. The lowest BCUT2D eigenvalue weighted by molar-refractivity contribution is 0.303. The molecule has 5 heteroatoms. The van der Waals surface area contributed by atoms with E-state index in [-0.39, 0.29) is 0 Å². The average molecular weight is 242 g/mol. The molecule has 0 atom stereocenters. The summed E-state index contributed by atoms with van der Waals surface area (Å²) in [7, 11) is 0. The Kier molecular flexibility index (Phi) is 6.37. The number of nitrogens with two attached hydrogens (primary N) is 1. The molecular weight excluding hydrogens is 220 g/mol. The summed E-state index contributed by atoms with van der Waals surface area (Å²) in [6.07, 6.45) is 1.15. The van der Waals surface area contributed by atoms with Crippen molar-refractivity contribution < 1.29 is 0 Å². The summed E-state index contributed by atoms with van der Waals surface area (Å²) >= 11 is 1.63. The molecular formula is C11H22N4S. The molecule has 0 saturated heterocycles. The molecule has 0 aliphatic carbocycles. The van der Waals surface area contributed by atoms with E-state index in [4.69, 9.17) is 5.73 Å². The fraction of sp³-hybridized carbons (Fsp3) is 0.727. The van der Waals surface area contributed by atoms with Gasteiger partial charge in [0.05, 0.1) is 5.69 Å². The maximum absolute atomic E-state index is 5.50. The van der Waals surface area contributed by atoms with Gasteiger partial charge in [0.15, 0.2) is 5.13 Å². The van der Waals surface area contributed by atoms with Crippen LogP contribution in [0.3, 0.4) is 0 Å². The number of hydrogen-bond donors (Lipinski definition) is 2. The molecule has 0 amide bonds. The van der Waals surface area contributed by atoms with Gasteiger partial charge in [-0.3, -0.25) is 0 Å². The molecule has 0 radical (unpaired) electrons. The number of nitrogens with one attached hydrogen (secondary N) is 1. The minimum Gasteiger partial charge on any atom is -0.361 e. The maximum atomic E-state index is 5.50. The Balaban J connectivity index is 2.15. The highest BCUT2D eigenvalue weighted by atomic mass is 32.1. The number of anilines is 1. The molecule has 0 aliphatic rings. The number of thiazole rings is 1. The van der Waals surface area contributed by atoms with Gasteiger partial charge in [0, 0.05) is 18.5 Å². The molecule has 1 aromatic rings. The van der Waals surface area contributed by atoms with E-state index in [2.05, 4.69) is 29.0 Å². The van der Waals surface area contributed by atoms with Crippen LogP contribution < -0.4 is 11.1 Å². The van der Waals surface area contributed by atoms with Crippen LogP contribution in [-0.2, 0) is 6.54 Å². The van der Waals surface area contributed by atoms with Crippen molar-refractivity contribution in [2.45, 2.75) is 26.8 Å². The smallest absolute Gasteiger partial charge is 0.182 e. The lowest BCUT2D eigenvalue weighted by atomic mass is 10.3. The van der Waals surface area contributed by atoms with E-state index < -0.39 is 0 Å². The predicted molar refractivity (Wildman–Crippen MR) is 70.9 cm³/mol. The molecule has 1 heterocycles. The first-order valence-corrected chi connectivity index (χ1v) is 6.78. The van der Waals surface area contributed by atoms with E-state index >= 15 is 0 Å². The second-order valence-corrected chi connectivity index (χ2v) is 4.51. The largest absolute Gasteiger partial charge is 0.361 e. The van der Waals surface area contributed by atoms with Crippen LogP contribution in [0.5, 0.6) is 0 Å². The van der Waals surface area contributed by atoms with Crippen LogP contribution in [0.25, 0.3) is 0 Å². The first-order chi connectivity index (χ1) is 7.80. The van der Waals surface area contributed by atoms with Crippen LogP contribution in [0.1, 0.15) is 26.0 Å². The Labute approximate surface area is 102 Å². The summed E-state index contributed by atoms with van der Waals surface area (Å²) < 4.78 is 0. The third kappa shape index (κ3) is 4.47. The number of nitrogens with zero attached hydrogens (tertiary/aromatic N) is 2. The van der Waals surface area contributed by atoms with Gasteiger partial charge in [-0.05, 0) is 26.1 Å². The summed E-state index contributed by atoms with van der Waals surface area (Å²) in [4.78, 5) is 6.78. The molecule has 0 aliphatic heterocycles. The van der Waals surface area contributed by atoms with Gasteiger partial charge in [0.1, 0.15) is 0 Å². The van der Waals surface area contributed by atoms with Crippen molar-refractivity contribution in [1.82, 2.24) is 9.88 Å². The quantitative estimate of drug-likeness (QED) is 0.682. The normalized spacial score (nSPS) is 11.0. The zero-order valence-electron chi connectivity index (χ0n) is 10.2. The molecule has 3 N–H and O–H groups in total. The lowest BCUT2D eigenvalue weighted by Gasteiger charge is -2.17. The predicted octanol–water partition coefficient (Wildman–Crippen LogP) is 1.75. The van der Waals surface area contributed by atoms with E-state index in [1.807, 2.05) is 5.38 Å². The molecule has 1 rings (SSSR count). The van der Waals surface area contributed by atoms with Gasteiger partial charge in [-0.25, -0.2) is 4.98 Å². The van der Waals surface area contributed by atoms with Crippen molar-refractivity contribution in [1.29, 1.82) is 0 Å². The first-order valence-electron chi connectivity index (χ1n) is 5.90. The Morgan fingerprint density at radius 1 is 1.44 bits per heavy atom. The van der Waals surface area contributed by atoms with Crippen molar-refractivity contribution in [3.8, 4) is 0 Å². The van der Waals surface area contributed by atoms with Gasteiger partial charge >= 0.3 is 0 Å². The number of aromatic nitrogens is 1. The van der Waals surface area contributed by atoms with E-state index in [9.17, 15) is 0 Å². The van der Waals surface area contributed by atoms with Crippen molar-refractivity contribution in [3.05, 3.63) is 11.1 Å². The molecule has 92 valence electrons. The van der Waals surface area contributed by atoms with Crippen LogP contribution >= 0.6 is 11.3 Å². The molecule has 0 fully saturated rings. The second-order valence-electron chi connectivity index (χ2n) is 3.66. The first kappa shape index (κ1) is 13.4. The van der Waals surface area contributed by atoms with Crippen LogP contribution in [0.15, 0.2) is 5.38 Å². The van der Waals surface area contributed by atoms with Crippen LogP contribution in [0, 0.1) is 0 Å². The number of hydrogen-bond acceptors (Lipinski definition) is 5. The van der Waals surface area contributed by atoms with Gasteiger partial charge in [-0.2, -0.15) is 0 Å². The van der Waals surface area contributed by atoms with Crippen LogP contribution in [0.4, 0.5) is 5.13 Å². The molecule has 4 nitrogen and oxygen atoms in total. The van der Waals surface area contributed by atoms with Gasteiger partial charge < -0.3 is 16.0 Å². The lowest BCUT2D eigenvalue weighted by Crippen LogP contribution is -2.25. The Morgan fingerprint density at radius 3 is 2.75 bits per heavy atom. The summed E-state index contributed by atoms with van der Waals surface area (Å²) in [5.41, 5.74) is 6.47. The highest BCUT2D eigenvalue weighted by Crippen LogP contribution is 2.14. The van der Waals surface area contributed by atoms with Crippen molar-refractivity contribution in [2.24, 2.45) is 5.73 Å². The average Bonchev–Trinajstić information content (AvgIpc) is 2.77. The molecule has 16 heavy (non-hydrogen) atoms. The summed E-state index contributed by atoms with van der Waals surface area (Å²) in [5, 5.41) is 6.32. The van der Waals surface area contributed by atoms with E-state index in [1.54, 1.807) is 11.3 Å². The minimum absolute atomic E-state index is 0.525. The molecule has 0 unspecified atom stereocenters. The van der Waals surface area contributed by atoms with Crippen molar-refractivity contribution in [3.63, 3.8) is 0 Å². The Bertz CT molecular complexity index is 283. The van der Waals surface area contributed by atoms with Crippen LogP contribution in [-0.4, -0.2) is 36.1 Å². The summed E-state index contributed by atoms with van der Waals surface area (Å²) in [6, 6.07) is 0. The molecule has 0 aromatic carbocycles. The van der Waals surface area contributed by atoms with E-state index in [0.717, 1.165) is 43.4 Å². The maximum Gasteiger partial charge on any atom is 0.182 e. The molecule has 0 spiro atoms. The fourth-order valence-corrected chi connectivity index (χ4v) is 2.27. The van der Waals surface area contributed by atoms with E-state index in [1.165, 1.54) is 0 Å². The Morgan fingerprint density at radius 2 is 2.19 bits per heavy atom. The van der Waals surface area contributed by atoms with Gasteiger partial charge in [-0.1, -0.05) is 13.8 Å². The number of rotatable bonds is 8. The molecule has 0 bridgehead atoms. The molecule has 1 aromatic heterocycles. The topological polar surface area (TPSA) is 54.2 Å². The highest BCUT2D eigenvalue weighted by Gasteiger charge is 2.00. The van der Waals surface area contributed by atoms with Crippen LogP contribution in [0.2, 0.25) is 0 Å². The zero-order chi connectivity index (χ0) is 11.8. The van der Waals surface area contributed by atoms with Crippen molar-refractivity contribution in [2.75, 3.05) is 31.5 Å². The monoisotopic (exact) mass is 242 g/mol. The van der Waals surface area contributed by atoms with Gasteiger partial charge in [-0.15, -0.1) is 11.3 Å². The summed E-state index contributed by atoms with van der Waals surface area (Å²) in [6.45, 7) is 9.31.